The van der Waals surface area contributed by atoms with Gasteiger partial charge in [-0.1, -0.05) is 18.2 Å². The van der Waals surface area contributed by atoms with E-state index in [9.17, 15) is 39.0 Å². The molecule has 0 saturated carbocycles. The van der Waals surface area contributed by atoms with Crippen LogP contribution in [0.4, 0.5) is 0 Å². The second-order valence-electron chi connectivity index (χ2n) is 10.9. The summed E-state index contributed by atoms with van der Waals surface area (Å²) in [5, 5.41) is 23.9. The van der Waals surface area contributed by atoms with Crippen LogP contribution in [0, 0.1) is 0 Å². The topological polar surface area (TPSA) is 229 Å². The molecule has 0 aromatic rings. The van der Waals surface area contributed by atoms with Gasteiger partial charge in [-0.15, -0.1) is 0 Å². The average Bonchev–Trinajstić information content (AvgIpc) is 2.96. The highest BCUT2D eigenvalue weighted by Gasteiger charge is 2.56. The molecular weight excluding hydrogens is 650 g/mol. The molecule has 1 amide bonds. The van der Waals surface area contributed by atoms with Gasteiger partial charge >= 0.3 is 23.9 Å². The van der Waals surface area contributed by atoms with E-state index >= 15 is 0 Å². The second kappa shape index (κ2) is 19.8. The molecular formula is C29H45NO16S. The van der Waals surface area contributed by atoms with Crippen molar-refractivity contribution in [3.8, 4) is 0 Å². The molecule has 0 bridgehead atoms. The number of aliphatic hydroxyl groups is 2. The Labute approximate surface area is 276 Å². The molecule has 268 valence electrons. The van der Waals surface area contributed by atoms with E-state index < -0.39 is 104 Å². The van der Waals surface area contributed by atoms with Gasteiger partial charge in [0.05, 0.1) is 6.61 Å². The number of amides is 1. The molecule has 10 atom stereocenters. The maximum Gasteiger partial charge on any atom is 0.303 e. The molecule has 2 aliphatic heterocycles. The number of unbranched alkanes of at least 4 members (excludes halogenated alkanes) is 2. The van der Waals surface area contributed by atoms with Gasteiger partial charge in [0.2, 0.25) is 5.91 Å². The summed E-state index contributed by atoms with van der Waals surface area (Å²) in [6.45, 7) is 5.96. The number of thioether (sulfide) groups is 1. The normalized spacial score (nSPS) is 30.5. The van der Waals surface area contributed by atoms with Crippen LogP contribution in [0.3, 0.4) is 0 Å². The molecule has 0 radical (unpaired) electrons. The van der Waals surface area contributed by atoms with E-state index in [0.717, 1.165) is 34.1 Å². The van der Waals surface area contributed by atoms with E-state index in [1.54, 1.807) is 0 Å². The lowest BCUT2D eigenvalue weighted by Gasteiger charge is -2.48. The van der Waals surface area contributed by atoms with Crippen molar-refractivity contribution in [2.24, 2.45) is 0 Å². The Bertz CT molecular complexity index is 1090. The van der Waals surface area contributed by atoms with Gasteiger partial charge in [-0.2, -0.15) is 0 Å². The van der Waals surface area contributed by atoms with Crippen LogP contribution >= 0.6 is 11.8 Å². The lowest BCUT2D eigenvalue weighted by molar-refractivity contribution is -0.346. The average molecular weight is 696 g/mol. The number of carbonyl (C=O) groups excluding carboxylic acids is 6. The molecule has 0 aromatic carbocycles. The van der Waals surface area contributed by atoms with Crippen LogP contribution in [0.2, 0.25) is 0 Å². The molecule has 17 nitrogen and oxygen atoms in total. The van der Waals surface area contributed by atoms with Crippen LogP contribution < -0.4 is 5.32 Å². The molecule has 2 heterocycles. The Kier molecular flexibility index (Phi) is 17.0. The molecule has 0 aliphatic carbocycles. The molecule has 2 rings (SSSR count). The third-order valence-electron chi connectivity index (χ3n) is 6.84. The minimum atomic E-state index is -1.69. The number of hydrogen-bond donors (Lipinski definition) is 3. The van der Waals surface area contributed by atoms with Gasteiger partial charge < -0.3 is 53.4 Å². The largest absolute Gasteiger partial charge is 0.463 e. The van der Waals surface area contributed by atoms with Crippen LogP contribution in [0.15, 0.2) is 0 Å². The van der Waals surface area contributed by atoms with Crippen molar-refractivity contribution >= 4 is 46.7 Å². The predicted octanol–water partition coefficient (Wildman–Crippen LogP) is -0.496. The maximum atomic E-state index is 12.3. The van der Waals surface area contributed by atoms with Crippen molar-refractivity contribution in [3.63, 3.8) is 0 Å². The Balaban J connectivity index is 2.44. The molecule has 18 heteroatoms. The van der Waals surface area contributed by atoms with Gasteiger partial charge in [0, 0.05) is 53.9 Å². The third kappa shape index (κ3) is 13.3. The van der Waals surface area contributed by atoms with Crippen LogP contribution in [0.25, 0.3) is 0 Å². The number of rotatable bonds is 16. The quantitative estimate of drug-likeness (QED) is 0.105. The fourth-order valence-electron chi connectivity index (χ4n) is 5.01. The number of esters is 4. The molecule has 2 saturated heterocycles. The maximum absolute atomic E-state index is 12.3. The SMILES string of the molecule is CC(=O)NC1[C@@H](OCCCCCSC(C)=O)OC(CO)[C@H](O)[C@@H]1O[C@@H]1OC(COC(C)=O)[C@H](OC(C)=O)[C@H](OC(C)=O)C1OC(C)=O. The number of hydrogen-bond acceptors (Lipinski definition) is 17. The Morgan fingerprint density at radius 3 is 1.87 bits per heavy atom. The van der Waals surface area contributed by atoms with Gasteiger partial charge in [-0.3, -0.25) is 28.8 Å². The van der Waals surface area contributed by atoms with Gasteiger partial charge in [-0.05, 0) is 12.8 Å². The highest BCUT2D eigenvalue weighted by Crippen LogP contribution is 2.33. The molecule has 2 fully saturated rings. The minimum Gasteiger partial charge on any atom is -0.463 e. The van der Waals surface area contributed by atoms with Crippen LogP contribution in [-0.2, 0) is 66.7 Å². The fraction of sp³-hybridized carbons (Fsp3) is 0.793. The highest BCUT2D eigenvalue weighted by molar-refractivity contribution is 8.13. The van der Waals surface area contributed by atoms with Gasteiger partial charge in [0.15, 0.2) is 36.0 Å². The Morgan fingerprint density at radius 1 is 0.723 bits per heavy atom. The van der Waals surface area contributed by atoms with E-state index in [0.29, 0.717) is 18.6 Å². The second-order valence-corrected chi connectivity index (χ2v) is 12.2. The molecule has 47 heavy (non-hydrogen) atoms. The summed E-state index contributed by atoms with van der Waals surface area (Å²) in [7, 11) is 0. The number of carbonyl (C=O) groups is 6. The molecule has 0 spiro atoms. The van der Waals surface area contributed by atoms with Crippen molar-refractivity contribution in [2.75, 3.05) is 25.6 Å². The Morgan fingerprint density at radius 2 is 1.32 bits per heavy atom. The molecule has 0 aromatic heterocycles. The van der Waals surface area contributed by atoms with Gasteiger partial charge in [0.25, 0.3) is 0 Å². The summed E-state index contributed by atoms with van der Waals surface area (Å²) in [5.74, 6) is -3.17. The monoisotopic (exact) mass is 695 g/mol. The van der Waals surface area contributed by atoms with E-state index in [1.165, 1.54) is 25.6 Å². The summed E-state index contributed by atoms with van der Waals surface area (Å²) in [4.78, 5) is 71.5. The van der Waals surface area contributed by atoms with Crippen LogP contribution in [0.1, 0.15) is 60.8 Å². The first-order chi connectivity index (χ1) is 22.1. The zero-order valence-electron chi connectivity index (χ0n) is 27.2. The summed E-state index contributed by atoms with van der Waals surface area (Å²) >= 11 is 1.22. The first-order valence-corrected chi connectivity index (χ1v) is 16.1. The minimum absolute atomic E-state index is 0.0197. The number of nitrogens with one attached hydrogen (secondary N) is 1. The zero-order chi connectivity index (χ0) is 35.3. The smallest absolute Gasteiger partial charge is 0.303 e. The van der Waals surface area contributed by atoms with Crippen molar-refractivity contribution in [2.45, 2.75) is 122 Å². The molecule has 3 N–H and O–H groups in total. The van der Waals surface area contributed by atoms with E-state index in [4.69, 9.17) is 37.9 Å². The van der Waals surface area contributed by atoms with E-state index in [2.05, 4.69) is 5.32 Å². The zero-order valence-corrected chi connectivity index (χ0v) is 28.1. The first-order valence-electron chi connectivity index (χ1n) is 15.1. The summed E-state index contributed by atoms with van der Waals surface area (Å²) in [5.41, 5.74) is 0. The first kappa shape index (κ1) is 40.3. The van der Waals surface area contributed by atoms with Crippen molar-refractivity contribution in [3.05, 3.63) is 0 Å². The highest BCUT2D eigenvalue weighted by atomic mass is 32.2. The predicted molar refractivity (Wildman–Crippen MR) is 159 cm³/mol. The lowest BCUT2D eigenvalue weighted by Crippen LogP contribution is -2.69. The van der Waals surface area contributed by atoms with Crippen molar-refractivity contribution in [1.29, 1.82) is 0 Å². The third-order valence-corrected chi connectivity index (χ3v) is 7.74. The van der Waals surface area contributed by atoms with Gasteiger partial charge in [-0.25, -0.2) is 0 Å². The van der Waals surface area contributed by atoms with E-state index in [-0.39, 0.29) is 11.7 Å². The number of ether oxygens (including phenoxy) is 8. The molecule has 2 aliphatic rings. The van der Waals surface area contributed by atoms with Crippen LogP contribution in [-0.4, -0.2) is 132 Å². The van der Waals surface area contributed by atoms with Crippen molar-refractivity contribution < 1.29 is 76.9 Å². The van der Waals surface area contributed by atoms with E-state index in [1.807, 2.05) is 0 Å². The standard InChI is InChI=1S/C29H45NO16S/c1-14(32)30-22-25(23(38)20(12-31)44-28(22)39-10-8-7-9-11-47-19(6)37)46-29-27(43-18(5)36)26(42-17(4)35)24(41-16(3)34)21(45-29)13-40-15(2)33/h20-29,31,38H,7-13H2,1-6H3,(H,30,32)/t20?,21?,22?,23-,24-,25+,26-,27?,28-,29-/m0/s1. The lowest BCUT2D eigenvalue weighted by atomic mass is 9.95. The fourth-order valence-corrected chi connectivity index (χ4v) is 5.65. The Hall–Kier alpha value is -2.87. The summed E-state index contributed by atoms with van der Waals surface area (Å²) < 4.78 is 45.2. The van der Waals surface area contributed by atoms with Crippen LogP contribution in [0.5, 0.6) is 0 Å². The number of aliphatic hydroxyl groups excluding tert-OH is 2. The summed E-state index contributed by atoms with van der Waals surface area (Å²) in [6, 6.07) is -1.22. The van der Waals surface area contributed by atoms with Gasteiger partial charge in [0.1, 0.15) is 37.1 Å². The summed E-state index contributed by atoms with van der Waals surface area (Å²) in [6.07, 6.45) is -11.2. The molecule has 4 unspecified atom stereocenters. The van der Waals surface area contributed by atoms with Crippen molar-refractivity contribution in [1.82, 2.24) is 5.32 Å².